The molecule has 1 aliphatic rings. The van der Waals surface area contributed by atoms with Crippen molar-refractivity contribution >= 4 is 34.4 Å². The first-order valence-corrected chi connectivity index (χ1v) is 11.9. The van der Waals surface area contributed by atoms with Crippen LogP contribution in [-0.4, -0.2) is 63.2 Å². The second-order valence-electron chi connectivity index (χ2n) is 9.40. The number of rotatable bonds is 5. The number of aromatic nitrogens is 2. The lowest BCUT2D eigenvalue weighted by atomic mass is 10.0. The van der Waals surface area contributed by atoms with Crippen molar-refractivity contribution in [2.24, 2.45) is 5.92 Å². The van der Waals surface area contributed by atoms with E-state index in [0.717, 1.165) is 9.47 Å². The Hall–Kier alpha value is -3.36. The zero-order chi connectivity index (χ0) is 29.0. The van der Waals surface area contributed by atoms with Gasteiger partial charge >= 0.3 is 6.18 Å². The largest absolute Gasteiger partial charge is 0.408 e. The summed E-state index contributed by atoms with van der Waals surface area (Å²) < 4.78 is 85.1. The van der Waals surface area contributed by atoms with Gasteiger partial charge in [0, 0.05) is 25.4 Å². The van der Waals surface area contributed by atoms with Crippen molar-refractivity contribution in [1.82, 2.24) is 14.9 Å². The van der Waals surface area contributed by atoms with Crippen LogP contribution in [0.1, 0.15) is 24.2 Å². The first-order valence-electron chi connectivity index (χ1n) is 11.5. The maximum atomic E-state index is 15.1. The summed E-state index contributed by atoms with van der Waals surface area (Å²) in [5.41, 5.74) is -3.24. The molecule has 3 heterocycles. The van der Waals surface area contributed by atoms with Crippen molar-refractivity contribution < 1.29 is 41.4 Å². The molecule has 0 aliphatic carbocycles. The summed E-state index contributed by atoms with van der Waals surface area (Å²) >= 11 is 6.06. The maximum absolute atomic E-state index is 15.1. The highest BCUT2D eigenvalue weighted by molar-refractivity contribution is 6.32. The van der Waals surface area contributed by atoms with Gasteiger partial charge in [0.05, 0.1) is 22.6 Å². The molecule has 15 heteroatoms. The predicted molar refractivity (Wildman–Crippen MR) is 129 cm³/mol. The predicted octanol–water partition coefficient (Wildman–Crippen LogP) is 3.31. The smallest absolute Gasteiger partial charge is 0.389 e. The summed E-state index contributed by atoms with van der Waals surface area (Å²) in [4.78, 5) is 31.4. The third-order valence-electron chi connectivity index (χ3n) is 6.24. The van der Waals surface area contributed by atoms with Crippen LogP contribution >= 0.6 is 11.6 Å². The Morgan fingerprint density at radius 1 is 1.10 bits per heavy atom. The Bertz CT molecular complexity index is 1480. The molecule has 1 unspecified atom stereocenters. The highest BCUT2D eigenvalue weighted by Crippen LogP contribution is 2.31. The van der Waals surface area contributed by atoms with Gasteiger partial charge in [0.15, 0.2) is 23.1 Å². The number of fused-ring (bicyclic) bond motifs is 1. The van der Waals surface area contributed by atoms with Crippen LogP contribution in [0, 0.1) is 23.4 Å². The van der Waals surface area contributed by atoms with Crippen LogP contribution in [0.25, 0.3) is 16.7 Å². The molecule has 0 radical (unpaired) electrons. The number of amides is 1. The molecule has 1 fully saturated rings. The number of benzene rings is 1. The van der Waals surface area contributed by atoms with Crippen LogP contribution in [0.5, 0.6) is 0 Å². The normalized spacial score (nSPS) is 18.7. The number of nitrogens with one attached hydrogen (secondary N) is 1. The van der Waals surface area contributed by atoms with Crippen LogP contribution in [0.4, 0.5) is 32.2 Å². The topological polar surface area (TPSA) is 108 Å². The SMILES string of the molecule is CC(C)C(NC(=O)c1cn(-c2c(F)cc(F)cc2Cl)c2nc(N3C[C@@H](O)[C@H](O)C3)c(F)cc2c1=O)C(F)(F)F. The molecule has 39 heavy (non-hydrogen) atoms. The van der Waals surface area contributed by atoms with Gasteiger partial charge in [0.1, 0.15) is 23.1 Å². The van der Waals surface area contributed by atoms with Crippen molar-refractivity contribution in [3.8, 4) is 5.69 Å². The molecule has 1 aromatic carbocycles. The van der Waals surface area contributed by atoms with E-state index < -0.39 is 92.3 Å². The van der Waals surface area contributed by atoms with E-state index in [-0.39, 0.29) is 13.1 Å². The number of hydrogen-bond acceptors (Lipinski definition) is 6. The molecule has 210 valence electrons. The number of β-amino-alcohol motifs (C(OH)–C–C–N with tert-alkyl or cyclic N) is 2. The summed E-state index contributed by atoms with van der Waals surface area (Å²) in [7, 11) is 0. The zero-order valence-corrected chi connectivity index (χ0v) is 21.0. The van der Waals surface area contributed by atoms with Crippen LogP contribution in [-0.2, 0) is 0 Å². The number of pyridine rings is 2. The van der Waals surface area contributed by atoms with Crippen molar-refractivity contribution in [2.45, 2.75) is 38.3 Å². The summed E-state index contributed by atoms with van der Waals surface area (Å²) in [6.45, 7) is 1.89. The summed E-state index contributed by atoms with van der Waals surface area (Å²) in [5, 5.41) is 20.3. The Morgan fingerprint density at radius 3 is 2.26 bits per heavy atom. The average molecular weight is 579 g/mol. The number of halogens is 7. The molecule has 1 aliphatic heterocycles. The van der Waals surface area contributed by atoms with Crippen molar-refractivity contribution in [1.29, 1.82) is 0 Å². The Labute approximate surface area is 221 Å². The summed E-state index contributed by atoms with van der Waals surface area (Å²) in [5.74, 6) is -6.57. The fraction of sp³-hybridized carbons (Fsp3) is 0.375. The zero-order valence-electron chi connectivity index (χ0n) is 20.2. The monoisotopic (exact) mass is 578 g/mol. The molecule has 4 rings (SSSR count). The highest BCUT2D eigenvalue weighted by Gasteiger charge is 2.43. The van der Waals surface area contributed by atoms with Gasteiger partial charge in [0.2, 0.25) is 5.43 Å². The first kappa shape index (κ1) is 28.6. The molecule has 1 saturated heterocycles. The Morgan fingerprint density at radius 2 is 1.72 bits per heavy atom. The van der Waals surface area contributed by atoms with E-state index in [1.807, 2.05) is 0 Å². The lowest BCUT2D eigenvalue weighted by Gasteiger charge is -2.25. The number of carbonyl (C=O) groups is 1. The molecular formula is C24H21ClF6N4O4. The molecule has 3 aromatic rings. The van der Waals surface area contributed by atoms with E-state index in [2.05, 4.69) is 4.98 Å². The first-order chi connectivity index (χ1) is 18.1. The van der Waals surface area contributed by atoms with E-state index in [1.165, 1.54) is 13.8 Å². The number of aliphatic hydroxyl groups is 2. The number of carbonyl (C=O) groups excluding carboxylic acids is 1. The van der Waals surface area contributed by atoms with E-state index in [9.17, 15) is 41.8 Å². The fourth-order valence-corrected chi connectivity index (χ4v) is 4.61. The van der Waals surface area contributed by atoms with Gasteiger partial charge in [0.25, 0.3) is 5.91 Å². The number of aliphatic hydroxyl groups excluding tert-OH is 2. The number of anilines is 1. The number of hydrogen-bond donors (Lipinski definition) is 3. The maximum Gasteiger partial charge on any atom is 0.408 e. The third kappa shape index (κ3) is 5.40. The van der Waals surface area contributed by atoms with Gasteiger partial charge in [-0.15, -0.1) is 0 Å². The summed E-state index contributed by atoms with van der Waals surface area (Å²) in [6, 6.07) is -0.575. The average Bonchev–Trinajstić information content (AvgIpc) is 3.14. The molecule has 3 atom stereocenters. The van der Waals surface area contributed by atoms with Gasteiger partial charge in [-0.3, -0.25) is 14.2 Å². The van der Waals surface area contributed by atoms with Crippen LogP contribution in [0.15, 0.2) is 29.2 Å². The van der Waals surface area contributed by atoms with Crippen LogP contribution in [0.2, 0.25) is 5.02 Å². The van der Waals surface area contributed by atoms with Crippen LogP contribution < -0.4 is 15.6 Å². The van der Waals surface area contributed by atoms with Gasteiger partial charge in [-0.1, -0.05) is 25.4 Å². The van der Waals surface area contributed by atoms with Gasteiger partial charge in [-0.05, 0) is 18.1 Å². The second kappa shape index (κ2) is 10.3. The third-order valence-corrected chi connectivity index (χ3v) is 6.53. The van der Waals surface area contributed by atoms with Crippen molar-refractivity contribution in [3.05, 3.63) is 62.7 Å². The van der Waals surface area contributed by atoms with Gasteiger partial charge in [-0.25, -0.2) is 18.2 Å². The number of alkyl halides is 3. The van der Waals surface area contributed by atoms with E-state index in [4.69, 9.17) is 11.6 Å². The molecule has 0 spiro atoms. The van der Waals surface area contributed by atoms with E-state index >= 15 is 4.39 Å². The Balaban J connectivity index is 1.99. The quantitative estimate of drug-likeness (QED) is 0.401. The highest BCUT2D eigenvalue weighted by atomic mass is 35.5. The summed E-state index contributed by atoms with van der Waals surface area (Å²) in [6.07, 6.45) is -6.69. The van der Waals surface area contributed by atoms with Crippen LogP contribution in [0.3, 0.4) is 0 Å². The number of nitrogens with zero attached hydrogens (tertiary/aromatic N) is 3. The van der Waals surface area contributed by atoms with E-state index in [1.54, 1.807) is 5.32 Å². The minimum Gasteiger partial charge on any atom is -0.389 e. The standard InChI is InChI=1S/C24H21ClF6N4O4/c1-9(2)20(24(29,30)31)32-23(39)12-6-35(18-13(25)3-10(26)4-14(18)27)21-11(19(12)38)5-15(28)22(33-21)34-7-16(36)17(37)8-34/h3-6,9,16-17,20,36-37H,7-8H2,1-2H3,(H,32,39)/t16-,17-,20?/m1/s1. The Kier molecular flexibility index (Phi) is 7.58. The fourth-order valence-electron chi connectivity index (χ4n) is 4.32. The molecule has 0 saturated carbocycles. The molecule has 3 N–H and O–H groups in total. The van der Waals surface area contributed by atoms with Gasteiger partial charge < -0.3 is 20.4 Å². The molecule has 0 bridgehead atoms. The molecule has 1 amide bonds. The van der Waals surface area contributed by atoms with E-state index in [0.29, 0.717) is 24.4 Å². The van der Waals surface area contributed by atoms with Crippen molar-refractivity contribution in [2.75, 3.05) is 18.0 Å². The minimum absolute atomic E-state index is 0.249. The molecule has 8 nitrogen and oxygen atoms in total. The van der Waals surface area contributed by atoms with Crippen molar-refractivity contribution in [3.63, 3.8) is 0 Å². The van der Waals surface area contributed by atoms with Gasteiger partial charge in [-0.2, -0.15) is 13.2 Å². The lowest BCUT2D eigenvalue weighted by molar-refractivity contribution is -0.162. The molecule has 2 aromatic heterocycles. The lowest BCUT2D eigenvalue weighted by Crippen LogP contribution is -2.49. The molecular weight excluding hydrogens is 558 g/mol. The second-order valence-corrected chi connectivity index (χ2v) is 9.81. The minimum atomic E-state index is -4.88.